The largest absolute Gasteiger partial charge is 0.494 e. The Kier molecular flexibility index (Phi) is 12.7. The van der Waals surface area contributed by atoms with Crippen LogP contribution in [-0.4, -0.2) is 11.6 Å². The van der Waals surface area contributed by atoms with Crippen molar-refractivity contribution in [2.45, 2.75) is 96.8 Å². The summed E-state index contributed by atoms with van der Waals surface area (Å²) >= 11 is 1.54. The molecule has 0 spiro atoms. The summed E-state index contributed by atoms with van der Waals surface area (Å²) in [7, 11) is 0. The maximum atomic E-state index is 5.87. The van der Waals surface area contributed by atoms with Crippen LogP contribution in [0.2, 0.25) is 0 Å². The monoisotopic (exact) mass is 400 g/mol. The molecule has 0 atom stereocenters. The molecule has 1 heterocycles. The van der Waals surface area contributed by atoms with E-state index in [2.05, 4.69) is 41.7 Å². The summed E-state index contributed by atoms with van der Waals surface area (Å²) in [6.07, 6.45) is 21.3. The first kappa shape index (κ1) is 22.9. The summed E-state index contributed by atoms with van der Waals surface area (Å²) in [5.41, 5.74) is 4.07. The third-order valence-electron chi connectivity index (χ3n) is 5.30. The third kappa shape index (κ3) is 10.3. The van der Waals surface area contributed by atoms with Crippen molar-refractivity contribution in [3.8, 4) is 16.2 Å². The molecule has 2 rings (SSSR count). The van der Waals surface area contributed by atoms with Crippen molar-refractivity contribution in [1.29, 1.82) is 0 Å². The first-order valence-corrected chi connectivity index (χ1v) is 12.3. The van der Waals surface area contributed by atoms with Crippen LogP contribution >= 0.6 is 11.3 Å². The number of thiazole rings is 1. The number of nitrogens with zero attached hydrogens (tertiary/aromatic N) is 1. The van der Waals surface area contributed by atoms with E-state index in [0.29, 0.717) is 0 Å². The molecule has 0 aliphatic heterocycles. The second-order valence-electron chi connectivity index (χ2n) is 7.78. The molecule has 3 heteroatoms. The SMILES string of the molecule is CCCCCCCCCCCCCCCCOc1ccc(-c2cn[c]s2)cc1. The summed E-state index contributed by atoms with van der Waals surface area (Å²) in [6.45, 7) is 3.11. The quantitative estimate of drug-likeness (QED) is 0.248. The van der Waals surface area contributed by atoms with E-state index in [-0.39, 0.29) is 0 Å². The minimum Gasteiger partial charge on any atom is -0.494 e. The van der Waals surface area contributed by atoms with Crippen molar-refractivity contribution < 1.29 is 4.74 Å². The molecule has 0 unspecified atom stereocenters. The second-order valence-corrected chi connectivity index (χ2v) is 8.61. The minimum atomic E-state index is 0.825. The number of unbranched alkanes of at least 4 members (excludes halogenated alkanes) is 13. The molecule has 1 radical (unpaired) electrons. The predicted molar refractivity (Wildman–Crippen MR) is 122 cm³/mol. The Hall–Kier alpha value is -1.35. The van der Waals surface area contributed by atoms with E-state index in [0.717, 1.165) is 23.7 Å². The second kappa shape index (κ2) is 15.6. The van der Waals surface area contributed by atoms with Crippen LogP contribution in [0.15, 0.2) is 30.5 Å². The Morgan fingerprint density at radius 3 is 1.79 bits per heavy atom. The Labute approximate surface area is 176 Å². The molecule has 0 aliphatic rings. The Morgan fingerprint density at radius 2 is 1.29 bits per heavy atom. The first-order chi connectivity index (χ1) is 13.9. The fourth-order valence-electron chi connectivity index (χ4n) is 3.52. The number of benzene rings is 1. The molecule has 155 valence electrons. The zero-order valence-corrected chi connectivity index (χ0v) is 18.6. The molecule has 1 aromatic carbocycles. The fourth-order valence-corrected chi connectivity index (χ4v) is 4.09. The molecule has 0 saturated carbocycles. The minimum absolute atomic E-state index is 0.825. The molecule has 2 aromatic rings. The zero-order chi connectivity index (χ0) is 19.7. The first-order valence-electron chi connectivity index (χ1n) is 11.5. The van der Waals surface area contributed by atoms with Gasteiger partial charge in [0.05, 0.1) is 11.5 Å². The van der Waals surface area contributed by atoms with Crippen molar-refractivity contribution in [3.63, 3.8) is 0 Å². The van der Waals surface area contributed by atoms with Crippen LogP contribution < -0.4 is 4.74 Å². The number of ether oxygens (including phenoxy) is 1. The molecule has 0 fully saturated rings. The maximum absolute atomic E-state index is 5.87. The number of aromatic nitrogens is 1. The smallest absolute Gasteiger partial charge is 0.152 e. The third-order valence-corrected chi connectivity index (χ3v) is 6.05. The van der Waals surface area contributed by atoms with Gasteiger partial charge in [-0.15, -0.1) is 11.3 Å². The van der Waals surface area contributed by atoms with Gasteiger partial charge in [0.15, 0.2) is 5.51 Å². The van der Waals surface area contributed by atoms with E-state index in [1.807, 2.05) is 6.20 Å². The summed E-state index contributed by atoms with van der Waals surface area (Å²) in [4.78, 5) is 5.16. The lowest BCUT2D eigenvalue weighted by molar-refractivity contribution is 0.304. The Bertz CT molecular complexity index is 579. The van der Waals surface area contributed by atoms with Crippen LogP contribution in [0.1, 0.15) is 96.8 Å². The van der Waals surface area contributed by atoms with Gasteiger partial charge in [-0.25, -0.2) is 4.98 Å². The van der Waals surface area contributed by atoms with Crippen LogP contribution in [0.5, 0.6) is 5.75 Å². The van der Waals surface area contributed by atoms with Crippen LogP contribution in [0.3, 0.4) is 0 Å². The van der Waals surface area contributed by atoms with Gasteiger partial charge in [0.25, 0.3) is 0 Å². The molecular weight excluding hydrogens is 362 g/mol. The van der Waals surface area contributed by atoms with Gasteiger partial charge >= 0.3 is 0 Å². The highest BCUT2D eigenvalue weighted by Gasteiger charge is 2.00. The van der Waals surface area contributed by atoms with Gasteiger partial charge in [-0.2, -0.15) is 0 Å². The highest BCUT2D eigenvalue weighted by Crippen LogP contribution is 2.25. The summed E-state index contributed by atoms with van der Waals surface area (Å²) in [6, 6.07) is 8.31. The number of hydrogen-bond donors (Lipinski definition) is 0. The molecule has 0 N–H and O–H groups in total. The van der Waals surface area contributed by atoms with Gasteiger partial charge in [0.2, 0.25) is 0 Å². The van der Waals surface area contributed by atoms with E-state index in [9.17, 15) is 0 Å². The topological polar surface area (TPSA) is 22.1 Å². The van der Waals surface area contributed by atoms with Gasteiger partial charge in [0.1, 0.15) is 5.75 Å². The molecule has 28 heavy (non-hydrogen) atoms. The van der Waals surface area contributed by atoms with Crippen LogP contribution in [0.25, 0.3) is 10.4 Å². The molecule has 0 aliphatic carbocycles. The Balaban J connectivity index is 1.36. The predicted octanol–water partition coefficient (Wildman–Crippen LogP) is 8.47. The van der Waals surface area contributed by atoms with E-state index >= 15 is 0 Å². The van der Waals surface area contributed by atoms with Crippen LogP contribution in [-0.2, 0) is 0 Å². The summed E-state index contributed by atoms with van der Waals surface area (Å²) in [5, 5.41) is 0. The fraction of sp³-hybridized carbons (Fsp3) is 0.640. The average Bonchev–Trinajstić information content (AvgIpc) is 3.26. The van der Waals surface area contributed by atoms with Gasteiger partial charge in [-0.05, 0) is 36.2 Å². The highest BCUT2D eigenvalue weighted by atomic mass is 32.1. The van der Waals surface area contributed by atoms with E-state index in [1.165, 1.54) is 89.0 Å². The zero-order valence-electron chi connectivity index (χ0n) is 17.8. The van der Waals surface area contributed by atoms with Crippen LogP contribution in [0.4, 0.5) is 0 Å². The van der Waals surface area contributed by atoms with E-state index in [4.69, 9.17) is 4.74 Å². The normalized spacial score (nSPS) is 11.0. The number of rotatable bonds is 17. The molecular formula is C25H38NOS. The van der Waals surface area contributed by atoms with Crippen molar-refractivity contribution in [2.75, 3.05) is 6.61 Å². The molecule has 1 aromatic heterocycles. The standard InChI is InChI=1S/C25H38NOS/c1-2-3-4-5-6-7-8-9-10-11-12-13-14-15-20-27-24-18-16-23(17-19-24)25-21-26-22-28-25/h16-19,21H,2-15,20H2,1H3. The molecule has 2 nitrogen and oxygen atoms in total. The molecule has 0 amide bonds. The lowest BCUT2D eigenvalue weighted by atomic mass is 10.0. The van der Waals surface area contributed by atoms with Crippen molar-refractivity contribution >= 4 is 11.3 Å². The number of hydrogen-bond acceptors (Lipinski definition) is 3. The van der Waals surface area contributed by atoms with Crippen LogP contribution in [0, 0.1) is 5.51 Å². The van der Waals surface area contributed by atoms with Crippen molar-refractivity contribution in [3.05, 3.63) is 36.0 Å². The summed E-state index contributed by atoms with van der Waals surface area (Å²) < 4.78 is 5.87. The van der Waals surface area contributed by atoms with Gasteiger partial charge in [-0.3, -0.25) is 0 Å². The van der Waals surface area contributed by atoms with Gasteiger partial charge in [-0.1, -0.05) is 90.4 Å². The lowest BCUT2D eigenvalue weighted by Crippen LogP contribution is -1.97. The van der Waals surface area contributed by atoms with Gasteiger partial charge < -0.3 is 4.74 Å². The van der Waals surface area contributed by atoms with Crippen molar-refractivity contribution in [2.24, 2.45) is 0 Å². The van der Waals surface area contributed by atoms with E-state index < -0.39 is 0 Å². The molecule has 0 bridgehead atoms. The van der Waals surface area contributed by atoms with Gasteiger partial charge in [0, 0.05) is 6.20 Å². The van der Waals surface area contributed by atoms with Crippen molar-refractivity contribution in [1.82, 2.24) is 4.98 Å². The Morgan fingerprint density at radius 1 is 0.750 bits per heavy atom. The maximum Gasteiger partial charge on any atom is 0.152 e. The highest BCUT2D eigenvalue weighted by molar-refractivity contribution is 7.12. The summed E-state index contributed by atoms with van der Waals surface area (Å²) in [5.74, 6) is 0.965. The van der Waals surface area contributed by atoms with E-state index in [1.54, 1.807) is 11.3 Å². The molecule has 0 saturated heterocycles. The average molecular weight is 401 g/mol. The lowest BCUT2D eigenvalue weighted by Gasteiger charge is -2.07.